The number of anilines is 2. The highest BCUT2D eigenvalue weighted by Crippen LogP contribution is 2.42. The molecule has 274 valence electrons. The van der Waals surface area contributed by atoms with Crippen molar-refractivity contribution in [2.45, 2.75) is 59.5 Å². The first-order valence-corrected chi connectivity index (χ1v) is 18.6. The summed E-state index contributed by atoms with van der Waals surface area (Å²) in [7, 11) is 0. The van der Waals surface area contributed by atoms with Gasteiger partial charge in [0.1, 0.15) is 5.69 Å². The summed E-state index contributed by atoms with van der Waals surface area (Å²) in [5.74, 6) is 0.359. The van der Waals surface area contributed by atoms with Gasteiger partial charge in [0, 0.05) is 57.4 Å². The van der Waals surface area contributed by atoms with E-state index < -0.39 is 0 Å². The summed E-state index contributed by atoms with van der Waals surface area (Å²) in [5, 5.41) is 8.09. The molecule has 9 nitrogen and oxygen atoms in total. The van der Waals surface area contributed by atoms with Gasteiger partial charge >= 0.3 is 0 Å². The molecule has 1 aliphatic rings. The number of carbonyl (C=O) groups is 2. The number of aromatic nitrogens is 4. The smallest absolute Gasteiger partial charge is 0.272 e. The van der Waals surface area contributed by atoms with E-state index >= 15 is 0 Å². The minimum absolute atomic E-state index is 0.125. The Balaban J connectivity index is 0.000000902. The lowest BCUT2D eigenvalue weighted by molar-refractivity contribution is -0.110. The second-order valence-electron chi connectivity index (χ2n) is 14.9. The van der Waals surface area contributed by atoms with Crippen molar-refractivity contribution in [1.82, 2.24) is 24.8 Å². The number of hydrogen-bond donors (Lipinski definition) is 3. The van der Waals surface area contributed by atoms with E-state index in [1.165, 1.54) is 0 Å². The average Bonchev–Trinajstić information content (AvgIpc) is 3.73. The molecule has 6 aromatic rings. The number of amides is 2. The summed E-state index contributed by atoms with van der Waals surface area (Å²) < 4.78 is 2.10. The molecular weight excluding hydrogens is 705 g/mol. The first kappa shape index (κ1) is 37.6. The highest BCUT2D eigenvalue weighted by Gasteiger charge is 2.29. The summed E-state index contributed by atoms with van der Waals surface area (Å²) in [6, 6.07) is 27.0. The molecule has 1 saturated heterocycles. The molecule has 1 atom stereocenters. The molecular formula is C42H45Cl2N7O2. The number of aromatic amines is 1. The Hall–Kier alpha value is -5.12. The van der Waals surface area contributed by atoms with Crippen molar-refractivity contribution in [3.05, 3.63) is 119 Å². The quantitative estimate of drug-likeness (QED) is 0.128. The topological polar surface area (TPSA) is 108 Å². The molecule has 3 aromatic carbocycles. The lowest BCUT2D eigenvalue weighted by atomic mass is 9.99. The Morgan fingerprint density at radius 2 is 1.60 bits per heavy atom. The molecule has 4 heterocycles. The van der Waals surface area contributed by atoms with Crippen LogP contribution in [-0.2, 0) is 4.79 Å². The van der Waals surface area contributed by atoms with E-state index in [-0.39, 0.29) is 18.0 Å². The van der Waals surface area contributed by atoms with Gasteiger partial charge < -0.3 is 25.1 Å². The molecule has 11 heteroatoms. The molecule has 2 amide bonds. The third-order valence-corrected chi connectivity index (χ3v) is 9.46. The highest BCUT2D eigenvalue weighted by atomic mass is 35.5. The molecule has 53 heavy (non-hydrogen) atoms. The van der Waals surface area contributed by atoms with Crippen LogP contribution >= 0.6 is 23.2 Å². The molecule has 7 rings (SSSR count). The van der Waals surface area contributed by atoms with Gasteiger partial charge in [0.2, 0.25) is 6.41 Å². The summed E-state index contributed by atoms with van der Waals surface area (Å²) in [4.78, 5) is 40.6. The zero-order valence-corrected chi connectivity index (χ0v) is 32.2. The Morgan fingerprint density at radius 3 is 2.28 bits per heavy atom. The van der Waals surface area contributed by atoms with Crippen LogP contribution in [-0.4, -0.2) is 51.0 Å². The summed E-state index contributed by atoms with van der Waals surface area (Å²) in [6.07, 6.45) is 5.88. The van der Waals surface area contributed by atoms with Gasteiger partial charge in [-0.1, -0.05) is 99.4 Å². The fourth-order valence-corrected chi connectivity index (χ4v) is 6.78. The molecule has 0 saturated carbocycles. The number of carbonyl (C=O) groups excluding carboxylic acids is 2. The van der Waals surface area contributed by atoms with E-state index in [2.05, 4.69) is 64.7 Å². The van der Waals surface area contributed by atoms with Crippen LogP contribution in [0.15, 0.2) is 97.5 Å². The molecule has 3 aromatic heterocycles. The van der Waals surface area contributed by atoms with Crippen LogP contribution in [0.1, 0.15) is 69.6 Å². The first-order valence-electron chi connectivity index (χ1n) is 17.8. The van der Waals surface area contributed by atoms with E-state index in [1.54, 1.807) is 6.20 Å². The lowest BCUT2D eigenvalue weighted by Gasteiger charge is -2.33. The number of hydrogen-bond acceptors (Lipinski definition) is 5. The van der Waals surface area contributed by atoms with Crippen molar-refractivity contribution in [2.75, 3.05) is 23.3 Å². The lowest BCUT2D eigenvalue weighted by Crippen LogP contribution is -2.42. The molecule has 1 unspecified atom stereocenters. The number of halogens is 2. The van der Waals surface area contributed by atoms with Crippen LogP contribution in [0.5, 0.6) is 0 Å². The number of nitrogens with zero attached hydrogens (tertiary/aromatic N) is 4. The maximum Gasteiger partial charge on any atom is 0.272 e. The van der Waals surface area contributed by atoms with Crippen LogP contribution in [0.3, 0.4) is 0 Å². The van der Waals surface area contributed by atoms with Gasteiger partial charge in [0.05, 0.1) is 29.4 Å². The second kappa shape index (κ2) is 16.3. The van der Waals surface area contributed by atoms with Gasteiger partial charge in [-0.3, -0.25) is 9.59 Å². The van der Waals surface area contributed by atoms with E-state index in [1.807, 2.05) is 91.3 Å². The zero-order chi connectivity index (χ0) is 37.7. The number of nitrogens with one attached hydrogen (secondary N) is 3. The largest absolute Gasteiger partial charge is 0.356 e. The summed E-state index contributed by atoms with van der Waals surface area (Å²) in [5.41, 5.74) is 6.40. The molecule has 1 aliphatic heterocycles. The monoisotopic (exact) mass is 749 g/mol. The number of piperidine rings is 1. The van der Waals surface area contributed by atoms with Crippen LogP contribution in [0, 0.1) is 5.41 Å². The Labute approximate surface area is 320 Å². The third kappa shape index (κ3) is 8.92. The van der Waals surface area contributed by atoms with Gasteiger partial charge in [0.15, 0.2) is 5.82 Å². The van der Waals surface area contributed by atoms with Crippen molar-refractivity contribution in [2.24, 2.45) is 5.41 Å². The van der Waals surface area contributed by atoms with E-state index in [9.17, 15) is 9.59 Å². The van der Waals surface area contributed by atoms with Crippen LogP contribution in [0.25, 0.3) is 33.4 Å². The predicted octanol–water partition coefficient (Wildman–Crippen LogP) is 10.0. The van der Waals surface area contributed by atoms with Gasteiger partial charge in [-0.2, -0.15) is 0 Å². The molecule has 0 aliphatic carbocycles. The molecule has 3 N–H and O–H groups in total. The van der Waals surface area contributed by atoms with E-state index in [0.717, 1.165) is 52.7 Å². The Kier molecular flexibility index (Phi) is 11.6. The van der Waals surface area contributed by atoms with Gasteiger partial charge in [-0.05, 0) is 67.1 Å². The molecule has 1 fully saturated rings. The SMILES string of the molecule is CC(C)(C)C.CC(c1ccc(Cl)cc1)n1cnc(-c2ccccc2)c1-c1c(C(=O)Nc2cccnc2N2CCC(NC=O)CC2)[nH]c2cc(Cl)ccc12. The molecule has 0 radical (unpaired) electrons. The first-order chi connectivity index (χ1) is 25.4. The van der Waals surface area contributed by atoms with Crippen molar-refractivity contribution < 1.29 is 9.59 Å². The molecule has 0 spiro atoms. The van der Waals surface area contributed by atoms with Gasteiger partial charge in [0.25, 0.3) is 5.91 Å². The minimum atomic E-state index is -0.324. The van der Waals surface area contributed by atoms with E-state index in [4.69, 9.17) is 28.2 Å². The van der Waals surface area contributed by atoms with Crippen molar-refractivity contribution >= 4 is 57.9 Å². The Morgan fingerprint density at radius 1 is 0.925 bits per heavy atom. The van der Waals surface area contributed by atoms with Crippen LogP contribution in [0.4, 0.5) is 11.5 Å². The predicted molar refractivity (Wildman–Crippen MR) is 217 cm³/mol. The van der Waals surface area contributed by atoms with Gasteiger partial charge in [-0.25, -0.2) is 9.97 Å². The normalized spacial score (nSPS) is 14.0. The van der Waals surface area contributed by atoms with Crippen molar-refractivity contribution in [3.63, 3.8) is 0 Å². The number of imidazole rings is 1. The van der Waals surface area contributed by atoms with Crippen molar-refractivity contribution in [1.29, 1.82) is 0 Å². The minimum Gasteiger partial charge on any atom is -0.356 e. The van der Waals surface area contributed by atoms with E-state index in [0.29, 0.717) is 51.3 Å². The highest BCUT2D eigenvalue weighted by molar-refractivity contribution is 6.31. The zero-order valence-electron chi connectivity index (χ0n) is 30.7. The maximum absolute atomic E-state index is 14.5. The summed E-state index contributed by atoms with van der Waals surface area (Å²) >= 11 is 12.7. The second-order valence-corrected chi connectivity index (χ2v) is 15.8. The standard InChI is InChI=1S/C37H33Cl2N7O2.C5H12/c1-23(24-9-11-26(38)12-10-24)46-21-41-33(25-6-3-2-4-7-25)35(46)32-29-14-13-27(39)20-31(29)43-34(32)37(48)44-30-8-5-17-40-36(30)45-18-15-28(16-19-45)42-22-47;1-5(2,3)4/h2-14,17,20-23,28,43H,15-16,18-19H2,1H3,(H,42,47)(H,44,48);1-4H3. The fourth-order valence-electron chi connectivity index (χ4n) is 6.48. The van der Waals surface area contributed by atoms with Crippen molar-refractivity contribution in [3.8, 4) is 22.5 Å². The Bertz CT molecular complexity index is 2180. The van der Waals surface area contributed by atoms with Gasteiger partial charge in [-0.15, -0.1) is 0 Å². The molecule has 0 bridgehead atoms. The van der Waals surface area contributed by atoms with Crippen LogP contribution < -0.4 is 15.5 Å². The number of fused-ring (bicyclic) bond motifs is 1. The van der Waals surface area contributed by atoms with Crippen LogP contribution in [0.2, 0.25) is 10.0 Å². The number of rotatable bonds is 9. The fraction of sp³-hybridized carbons (Fsp3) is 0.286. The maximum atomic E-state index is 14.5. The average molecular weight is 751 g/mol. The number of H-pyrrole nitrogens is 1. The third-order valence-electron chi connectivity index (χ3n) is 8.97. The summed E-state index contributed by atoms with van der Waals surface area (Å²) in [6.45, 7) is 12.2. The number of pyridine rings is 1. The number of benzene rings is 3.